The van der Waals surface area contributed by atoms with Gasteiger partial charge >= 0.3 is 6.18 Å². The number of pyridine rings is 2. The van der Waals surface area contributed by atoms with Crippen LogP contribution in [0, 0.1) is 23.5 Å². The number of nitrogens with zero attached hydrogens (tertiary/aromatic N) is 5. The van der Waals surface area contributed by atoms with Gasteiger partial charge in [-0.25, -0.2) is 18.7 Å². The smallest absolute Gasteiger partial charge is 0.378 e. The van der Waals surface area contributed by atoms with Gasteiger partial charge in [0, 0.05) is 47.8 Å². The standard InChI is InChI=1S/C39H34F7N7O4/c1-20-15-38(42,43)34-31(20)33(39(44,45)46)51-53(34)17-30(54)50-29(12-21-10-23(40)14-24(41)11-21)32-27(5-4-25(48-32)6-7-37(2,3)56)22-13-28(35-47-8-9-52(35)16-22)36(55)49-26-18-57-19-26/h4-5,8-11,13-14,16,20,26,29,56H,12,15,17-19H2,1-3H3,(H,49,55)(H,50,54)/t20-,29?/m0/s1. The summed E-state index contributed by atoms with van der Waals surface area (Å²) in [6, 6.07) is 5.62. The highest BCUT2D eigenvalue weighted by molar-refractivity contribution is 6.01. The fraction of sp³-hybridized carbons (Fsp3) is 0.359. The molecular weight excluding hydrogens is 763 g/mol. The number of halogens is 7. The Morgan fingerprint density at radius 3 is 2.47 bits per heavy atom. The Balaban J connectivity index is 1.36. The molecule has 2 aliphatic rings. The number of nitrogens with one attached hydrogen (secondary N) is 2. The van der Waals surface area contributed by atoms with Crippen LogP contribution in [0.25, 0.3) is 16.8 Å². The van der Waals surface area contributed by atoms with Crippen molar-refractivity contribution in [3.8, 4) is 23.0 Å². The Kier molecular flexibility index (Phi) is 10.1. The molecule has 2 amide bonds. The molecule has 1 fully saturated rings. The zero-order chi connectivity index (χ0) is 41.0. The summed E-state index contributed by atoms with van der Waals surface area (Å²) >= 11 is 0. The third kappa shape index (κ3) is 8.35. The highest BCUT2D eigenvalue weighted by atomic mass is 19.4. The Morgan fingerprint density at radius 2 is 1.82 bits per heavy atom. The van der Waals surface area contributed by atoms with Crippen LogP contribution in [0.1, 0.15) is 83.4 Å². The molecule has 1 aliphatic heterocycles. The van der Waals surface area contributed by atoms with Gasteiger partial charge in [-0.05, 0) is 68.0 Å². The van der Waals surface area contributed by atoms with Crippen LogP contribution < -0.4 is 10.6 Å². The van der Waals surface area contributed by atoms with Crippen molar-refractivity contribution in [1.29, 1.82) is 0 Å². The Hall–Kier alpha value is -5.80. The third-order valence-electron chi connectivity index (χ3n) is 9.42. The summed E-state index contributed by atoms with van der Waals surface area (Å²) in [4.78, 5) is 36.3. The first kappa shape index (κ1) is 39.4. The predicted octanol–water partition coefficient (Wildman–Crippen LogP) is 5.84. The molecule has 18 heteroatoms. The second-order valence-corrected chi connectivity index (χ2v) is 14.6. The zero-order valence-corrected chi connectivity index (χ0v) is 30.5. The largest absolute Gasteiger partial charge is 0.435 e. The average Bonchev–Trinajstić information content (AvgIpc) is 3.78. The van der Waals surface area contributed by atoms with Crippen LogP contribution in [-0.4, -0.2) is 65.9 Å². The van der Waals surface area contributed by atoms with E-state index in [-0.39, 0.29) is 40.5 Å². The molecule has 0 spiro atoms. The molecule has 0 bridgehead atoms. The second kappa shape index (κ2) is 14.6. The first-order valence-corrected chi connectivity index (χ1v) is 17.7. The predicted molar refractivity (Wildman–Crippen MR) is 189 cm³/mol. The molecule has 1 aliphatic carbocycles. The molecule has 0 saturated carbocycles. The minimum atomic E-state index is -5.09. The highest BCUT2D eigenvalue weighted by Gasteiger charge is 2.53. The number of benzene rings is 1. The molecule has 1 aromatic carbocycles. The van der Waals surface area contributed by atoms with E-state index in [1.54, 1.807) is 22.9 Å². The number of rotatable bonds is 9. The summed E-state index contributed by atoms with van der Waals surface area (Å²) in [5.74, 6) is -3.02. The number of ether oxygens (including phenoxy) is 1. The van der Waals surface area contributed by atoms with Gasteiger partial charge in [-0.1, -0.05) is 12.8 Å². The SMILES string of the molecule is C[C@H]1CC(F)(F)c2c1c(C(F)(F)F)nn2CC(=O)NC(Cc1cc(F)cc(F)c1)c1nc(C#CC(C)(C)O)ccc1-c1cc(C(=O)NC2COC2)c2nccn2c1. The van der Waals surface area contributed by atoms with Crippen LogP contribution in [-0.2, 0) is 34.6 Å². The van der Waals surface area contributed by atoms with Crippen LogP contribution in [0.3, 0.4) is 0 Å². The minimum Gasteiger partial charge on any atom is -0.378 e. The van der Waals surface area contributed by atoms with Crippen LogP contribution in [0.15, 0.2) is 55.0 Å². The summed E-state index contributed by atoms with van der Waals surface area (Å²) in [7, 11) is 0. The van der Waals surface area contributed by atoms with E-state index in [9.17, 15) is 36.6 Å². The van der Waals surface area contributed by atoms with Gasteiger partial charge in [0.15, 0.2) is 5.69 Å². The number of hydrogen-bond acceptors (Lipinski definition) is 7. The van der Waals surface area contributed by atoms with Gasteiger partial charge in [0.1, 0.15) is 40.8 Å². The lowest BCUT2D eigenvalue weighted by Crippen LogP contribution is -2.48. The molecule has 298 valence electrons. The van der Waals surface area contributed by atoms with E-state index in [0.717, 1.165) is 12.1 Å². The Morgan fingerprint density at radius 1 is 1.11 bits per heavy atom. The quantitative estimate of drug-likeness (QED) is 0.126. The van der Waals surface area contributed by atoms with E-state index in [2.05, 4.69) is 37.5 Å². The Labute approximate surface area is 320 Å². The highest BCUT2D eigenvalue weighted by Crippen LogP contribution is 2.52. The summed E-state index contributed by atoms with van der Waals surface area (Å²) in [6.07, 6.45) is -1.71. The van der Waals surface area contributed by atoms with Crippen molar-refractivity contribution in [1.82, 2.24) is 34.8 Å². The van der Waals surface area contributed by atoms with Crippen molar-refractivity contribution in [3.63, 3.8) is 0 Å². The van der Waals surface area contributed by atoms with Crippen molar-refractivity contribution in [2.45, 2.75) is 75.9 Å². The lowest BCUT2D eigenvalue weighted by Gasteiger charge is -2.27. The summed E-state index contributed by atoms with van der Waals surface area (Å²) < 4.78 is 109. The summed E-state index contributed by atoms with van der Waals surface area (Å²) in [5.41, 5.74) is -3.56. The molecule has 57 heavy (non-hydrogen) atoms. The van der Waals surface area contributed by atoms with Gasteiger partial charge in [-0.15, -0.1) is 0 Å². The number of hydrogen-bond donors (Lipinski definition) is 3. The molecule has 11 nitrogen and oxygen atoms in total. The third-order valence-corrected chi connectivity index (χ3v) is 9.42. The number of carbonyl (C=O) groups excluding carboxylic acids is 2. The van der Waals surface area contributed by atoms with E-state index in [1.165, 1.54) is 39.1 Å². The normalized spacial score (nSPS) is 17.1. The average molecular weight is 798 g/mol. The Bertz CT molecular complexity index is 2440. The first-order valence-electron chi connectivity index (χ1n) is 17.7. The summed E-state index contributed by atoms with van der Waals surface area (Å²) in [6.45, 7) is 3.62. The van der Waals surface area contributed by atoms with Gasteiger partial charge in [-0.2, -0.15) is 27.1 Å². The lowest BCUT2D eigenvalue weighted by molar-refractivity contribution is -0.142. The fourth-order valence-electron chi connectivity index (χ4n) is 6.99. The maximum absolute atomic E-state index is 15.2. The monoisotopic (exact) mass is 797 g/mol. The van der Waals surface area contributed by atoms with E-state index >= 15 is 8.78 Å². The molecule has 2 atom stereocenters. The molecule has 1 unspecified atom stereocenters. The number of aromatic nitrogens is 5. The number of amides is 2. The molecule has 1 saturated heterocycles. The molecule has 5 aromatic rings. The first-order chi connectivity index (χ1) is 26.8. The van der Waals surface area contributed by atoms with Crippen LogP contribution in [0.5, 0.6) is 0 Å². The van der Waals surface area contributed by atoms with Gasteiger partial charge < -0.3 is 24.9 Å². The number of fused-ring (bicyclic) bond motifs is 2. The number of alkyl halides is 5. The van der Waals surface area contributed by atoms with Crippen molar-refractivity contribution in [2.75, 3.05) is 13.2 Å². The molecule has 7 rings (SSSR count). The molecule has 3 N–H and O–H groups in total. The van der Waals surface area contributed by atoms with Crippen LogP contribution in [0.4, 0.5) is 30.7 Å². The van der Waals surface area contributed by atoms with E-state index < -0.39 is 83.0 Å². The van der Waals surface area contributed by atoms with E-state index in [1.807, 2.05) is 0 Å². The van der Waals surface area contributed by atoms with Crippen LogP contribution in [0.2, 0.25) is 0 Å². The molecule has 4 aromatic heterocycles. The zero-order valence-electron chi connectivity index (χ0n) is 30.5. The fourth-order valence-corrected chi connectivity index (χ4v) is 6.99. The topological polar surface area (TPSA) is 136 Å². The summed E-state index contributed by atoms with van der Waals surface area (Å²) in [5, 5.41) is 19.2. The lowest BCUT2D eigenvalue weighted by atomic mass is 9.94. The van der Waals surface area contributed by atoms with Crippen molar-refractivity contribution in [3.05, 3.63) is 106 Å². The van der Waals surface area contributed by atoms with Crippen molar-refractivity contribution in [2.24, 2.45) is 0 Å². The maximum Gasteiger partial charge on any atom is 0.435 e. The molecule has 0 radical (unpaired) electrons. The van der Waals surface area contributed by atoms with Crippen molar-refractivity contribution >= 4 is 17.5 Å². The van der Waals surface area contributed by atoms with Gasteiger partial charge in [0.05, 0.1) is 36.6 Å². The van der Waals surface area contributed by atoms with Crippen molar-refractivity contribution < 1.29 is 50.2 Å². The van der Waals surface area contributed by atoms with Crippen LogP contribution >= 0.6 is 0 Å². The van der Waals surface area contributed by atoms with Gasteiger partial charge in [0.25, 0.3) is 11.8 Å². The van der Waals surface area contributed by atoms with E-state index in [0.29, 0.717) is 35.2 Å². The van der Waals surface area contributed by atoms with Gasteiger partial charge in [0.2, 0.25) is 5.91 Å². The number of carbonyl (C=O) groups is 2. The number of imidazole rings is 1. The maximum atomic E-state index is 15.2. The molecule has 5 heterocycles. The minimum absolute atomic E-state index is 0.00871. The molecular formula is C39H34F7N7O4. The van der Waals surface area contributed by atoms with E-state index in [4.69, 9.17) is 4.74 Å². The van der Waals surface area contributed by atoms with Gasteiger partial charge in [-0.3, -0.25) is 14.3 Å². The second-order valence-electron chi connectivity index (χ2n) is 14.6. The number of aliphatic hydroxyl groups is 1.